The molecule has 0 aliphatic heterocycles. The average molecular weight is 431 g/mol. The first-order valence-electron chi connectivity index (χ1n) is 9.96. The van der Waals surface area contributed by atoms with Crippen LogP contribution in [0.25, 0.3) is 0 Å². The van der Waals surface area contributed by atoms with Gasteiger partial charge in [0.25, 0.3) is 5.91 Å². The Kier molecular flexibility index (Phi) is 6.78. The van der Waals surface area contributed by atoms with Crippen LogP contribution in [0.2, 0.25) is 0 Å². The molecule has 2 atom stereocenters. The van der Waals surface area contributed by atoms with E-state index in [4.69, 9.17) is 15.6 Å². The summed E-state index contributed by atoms with van der Waals surface area (Å²) in [4.78, 5) is 27.2. The van der Waals surface area contributed by atoms with Gasteiger partial charge in [-0.1, -0.05) is 12.5 Å². The van der Waals surface area contributed by atoms with Crippen LogP contribution in [0.4, 0.5) is 26.5 Å². The zero-order chi connectivity index (χ0) is 22.5. The standard InChI is InChI=1S/C21H26FN5O4/c1-11(24-21(29)30)17(12-5-3-6-12)26-20-16(22)10-15(18(23)28)19(27-20)25-13-7-4-8-14(9-13)31-2/h4,7-12,17,24H,3,5-6H2,1-2H3,(H2,23,28)(H,29,30)(H2,25,26,27)/t11-,17-/m0/s1. The molecule has 0 unspecified atom stereocenters. The van der Waals surface area contributed by atoms with E-state index >= 15 is 0 Å². The van der Waals surface area contributed by atoms with E-state index in [2.05, 4.69) is 20.9 Å². The van der Waals surface area contributed by atoms with Crippen LogP contribution in [-0.4, -0.2) is 41.3 Å². The summed E-state index contributed by atoms with van der Waals surface area (Å²) in [6.07, 6.45) is 1.68. The van der Waals surface area contributed by atoms with Gasteiger partial charge in [0.05, 0.1) is 18.7 Å². The lowest BCUT2D eigenvalue weighted by molar-refractivity contribution is 0.1000. The quantitative estimate of drug-likeness (QED) is 0.410. The van der Waals surface area contributed by atoms with Gasteiger partial charge in [0.2, 0.25) is 0 Å². The number of carbonyl (C=O) groups is 2. The van der Waals surface area contributed by atoms with E-state index in [1.54, 1.807) is 31.2 Å². The van der Waals surface area contributed by atoms with Crippen molar-refractivity contribution in [3.05, 3.63) is 41.7 Å². The monoisotopic (exact) mass is 431 g/mol. The van der Waals surface area contributed by atoms with Gasteiger partial charge in [-0.2, -0.15) is 0 Å². The Morgan fingerprint density at radius 2 is 2.03 bits per heavy atom. The second kappa shape index (κ2) is 9.50. The van der Waals surface area contributed by atoms with Crippen molar-refractivity contribution in [2.75, 3.05) is 17.7 Å². The number of benzene rings is 1. The third-order valence-corrected chi connectivity index (χ3v) is 5.42. The predicted octanol–water partition coefficient (Wildman–Crippen LogP) is 3.31. The highest BCUT2D eigenvalue weighted by Gasteiger charge is 2.33. The summed E-state index contributed by atoms with van der Waals surface area (Å²) in [6, 6.07) is 7.11. The Morgan fingerprint density at radius 1 is 1.29 bits per heavy atom. The molecular weight excluding hydrogens is 405 g/mol. The van der Waals surface area contributed by atoms with E-state index in [0.717, 1.165) is 25.3 Å². The number of hydrogen-bond donors (Lipinski definition) is 5. The number of pyridine rings is 1. The van der Waals surface area contributed by atoms with Crippen molar-refractivity contribution in [2.24, 2.45) is 11.7 Å². The molecule has 0 radical (unpaired) electrons. The third kappa shape index (κ3) is 5.33. The van der Waals surface area contributed by atoms with Crippen molar-refractivity contribution in [1.82, 2.24) is 10.3 Å². The Labute approximate surface area is 179 Å². The summed E-state index contributed by atoms with van der Waals surface area (Å²) in [7, 11) is 1.53. The van der Waals surface area contributed by atoms with E-state index in [1.165, 1.54) is 7.11 Å². The molecule has 1 fully saturated rings. The molecule has 1 aromatic heterocycles. The molecule has 3 rings (SSSR count). The van der Waals surface area contributed by atoms with E-state index in [9.17, 15) is 14.0 Å². The number of anilines is 3. The van der Waals surface area contributed by atoms with Gasteiger partial charge >= 0.3 is 6.09 Å². The second-order valence-electron chi connectivity index (χ2n) is 7.54. The molecule has 1 saturated carbocycles. The Balaban J connectivity index is 1.93. The van der Waals surface area contributed by atoms with E-state index < -0.39 is 23.9 Å². The lowest BCUT2D eigenvalue weighted by atomic mass is 9.77. The SMILES string of the molecule is COc1cccc(Nc2nc(N[C@H](C3CCC3)[C@H](C)NC(=O)O)c(F)cc2C(N)=O)c1. The molecule has 1 aliphatic rings. The van der Waals surface area contributed by atoms with Gasteiger partial charge in [0.15, 0.2) is 11.6 Å². The van der Waals surface area contributed by atoms with Crippen molar-refractivity contribution in [3.8, 4) is 5.75 Å². The molecule has 1 aliphatic carbocycles. The second-order valence-corrected chi connectivity index (χ2v) is 7.54. The van der Waals surface area contributed by atoms with Crippen LogP contribution < -0.4 is 26.4 Å². The molecule has 6 N–H and O–H groups in total. The van der Waals surface area contributed by atoms with Crippen LogP contribution in [0, 0.1) is 11.7 Å². The fourth-order valence-electron chi connectivity index (χ4n) is 3.60. The number of aromatic nitrogens is 1. The molecule has 166 valence electrons. The summed E-state index contributed by atoms with van der Waals surface area (Å²) in [5, 5.41) is 17.5. The minimum absolute atomic E-state index is 0.0795. The van der Waals surface area contributed by atoms with Crippen LogP contribution >= 0.6 is 0 Å². The number of carbonyl (C=O) groups excluding carboxylic acids is 1. The van der Waals surface area contributed by atoms with Gasteiger partial charge in [-0.3, -0.25) is 4.79 Å². The van der Waals surface area contributed by atoms with Gasteiger partial charge in [-0.05, 0) is 43.9 Å². The highest BCUT2D eigenvalue weighted by Crippen LogP contribution is 2.34. The van der Waals surface area contributed by atoms with Crippen molar-refractivity contribution in [2.45, 2.75) is 38.3 Å². The number of rotatable bonds is 9. The molecule has 2 amide bonds. The number of hydrogen-bond acceptors (Lipinski definition) is 6. The Morgan fingerprint density at radius 3 is 2.61 bits per heavy atom. The van der Waals surface area contributed by atoms with E-state index in [-0.39, 0.29) is 29.2 Å². The largest absolute Gasteiger partial charge is 0.497 e. The number of carboxylic acid groups (broad SMARTS) is 1. The fraction of sp³-hybridized carbons (Fsp3) is 0.381. The predicted molar refractivity (Wildman–Crippen MR) is 114 cm³/mol. The molecule has 2 aromatic rings. The van der Waals surface area contributed by atoms with Gasteiger partial charge in [-0.15, -0.1) is 0 Å². The lowest BCUT2D eigenvalue weighted by Crippen LogP contribution is -2.50. The first-order valence-corrected chi connectivity index (χ1v) is 9.96. The van der Waals surface area contributed by atoms with Gasteiger partial charge in [-0.25, -0.2) is 14.2 Å². The number of nitrogens with one attached hydrogen (secondary N) is 3. The maximum atomic E-state index is 14.8. The van der Waals surface area contributed by atoms with E-state index in [1.807, 2.05) is 0 Å². The normalized spacial score (nSPS) is 15.3. The van der Waals surface area contributed by atoms with Crippen LogP contribution in [0.1, 0.15) is 36.5 Å². The summed E-state index contributed by atoms with van der Waals surface area (Å²) < 4.78 is 20.0. The smallest absolute Gasteiger partial charge is 0.404 e. The number of amides is 2. The van der Waals surface area contributed by atoms with Crippen molar-refractivity contribution in [3.63, 3.8) is 0 Å². The number of ether oxygens (including phenoxy) is 1. The molecule has 10 heteroatoms. The topological polar surface area (TPSA) is 139 Å². The van der Waals surface area contributed by atoms with Crippen LogP contribution in [0.15, 0.2) is 30.3 Å². The van der Waals surface area contributed by atoms with Gasteiger partial charge in [0.1, 0.15) is 11.6 Å². The minimum Gasteiger partial charge on any atom is -0.497 e. The summed E-state index contributed by atoms with van der Waals surface area (Å²) in [6.45, 7) is 1.72. The number of nitrogens with two attached hydrogens (primary N) is 1. The Bertz CT molecular complexity index is 967. The third-order valence-electron chi connectivity index (χ3n) is 5.42. The number of primary amides is 1. The number of halogens is 1. The van der Waals surface area contributed by atoms with Crippen molar-refractivity contribution in [1.29, 1.82) is 0 Å². The fourth-order valence-corrected chi connectivity index (χ4v) is 3.60. The molecular formula is C21H26FN5O4. The van der Waals surface area contributed by atoms with E-state index in [0.29, 0.717) is 11.4 Å². The molecule has 1 aromatic carbocycles. The van der Waals surface area contributed by atoms with Crippen LogP contribution in [0.5, 0.6) is 5.75 Å². The van der Waals surface area contributed by atoms with Crippen LogP contribution in [-0.2, 0) is 0 Å². The van der Waals surface area contributed by atoms with Gasteiger partial charge in [0, 0.05) is 17.8 Å². The summed E-state index contributed by atoms with van der Waals surface area (Å²) in [5.41, 5.74) is 5.88. The highest BCUT2D eigenvalue weighted by molar-refractivity contribution is 5.98. The van der Waals surface area contributed by atoms with Crippen molar-refractivity contribution >= 4 is 29.3 Å². The summed E-state index contributed by atoms with van der Waals surface area (Å²) in [5.74, 6) is -0.836. The number of methoxy groups -OCH3 is 1. The Hall–Kier alpha value is -3.56. The number of nitrogens with zero attached hydrogens (tertiary/aromatic N) is 1. The molecule has 1 heterocycles. The maximum Gasteiger partial charge on any atom is 0.404 e. The molecule has 0 saturated heterocycles. The molecule has 9 nitrogen and oxygen atoms in total. The average Bonchev–Trinajstić information content (AvgIpc) is 2.67. The summed E-state index contributed by atoms with van der Waals surface area (Å²) >= 11 is 0. The molecule has 0 spiro atoms. The maximum absolute atomic E-state index is 14.8. The van der Waals surface area contributed by atoms with Crippen LogP contribution in [0.3, 0.4) is 0 Å². The molecule has 31 heavy (non-hydrogen) atoms. The highest BCUT2D eigenvalue weighted by atomic mass is 19.1. The first-order chi connectivity index (χ1) is 14.8. The first kappa shape index (κ1) is 22.1. The lowest BCUT2D eigenvalue weighted by Gasteiger charge is -2.38. The molecule has 0 bridgehead atoms. The van der Waals surface area contributed by atoms with Crippen molar-refractivity contribution < 1.29 is 23.8 Å². The zero-order valence-corrected chi connectivity index (χ0v) is 17.3. The minimum atomic E-state index is -1.16. The zero-order valence-electron chi connectivity index (χ0n) is 17.3. The van der Waals surface area contributed by atoms with Gasteiger partial charge < -0.3 is 31.5 Å².